The molecule has 0 radical (unpaired) electrons. The maximum absolute atomic E-state index is 6.09. The van der Waals surface area contributed by atoms with Gasteiger partial charge in [-0.05, 0) is 32.3 Å². The van der Waals surface area contributed by atoms with Gasteiger partial charge in [0.15, 0.2) is 0 Å². The average molecular weight is 357 g/mol. The third kappa shape index (κ3) is 2.68. The molecule has 1 aliphatic rings. The minimum Gasteiger partial charge on any atom is -0.477 e. The molecule has 0 atom stereocenters. The van der Waals surface area contributed by atoms with Gasteiger partial charge in [-0.2, -0.15) is 0 Å². The molecule has 5 nitrogen and oxygen atoms in total. The van der Waals surface area contributed by atoms with Crippen LogP contribution in [0.2, 0.25) is 0 Å². The minimum absolute atomic E-state index is 0.181. The summed E-state index contributed by atoms with van der Waals surface area (Å²) in [6.07, 6.45) is 2.45. The SMILES string of the molecule is CCOc1ncnc2c1sc1nc(C(C)C)c3c(c12)CC(C)(C)OC3. The molecule has 0 aliphatic carbocycles. The molecule has 0 N–H and O–H groups in total. The number of hydrogen-bond donors (Lipinski definition) is 0. The van der Waals surface area contributed by atoms with Crippen LogP contribution in [0.4, 0.5) is 0 Å². The van der Waals surface area contributed by atoms with E-state index >= 15 is 0 Å². The van der Waals surface area contributed by atoms with Gasteiger partial charge in [0.2, 0.25) is 5.88 Å². The van der Waals surface area contributed by atoms with Crippen LogP contribution in [-0.2, 0) is 17.8 Å². The van der Waals surface area contributed by atoms with Crippen molar-refractivity contribution in [1.29, 1.82) is 0 Å². The molecule has 6 heteroatoms. The van der Waals surface area contributed by atoms with Crippen molar-refractivity contribution in [1.82, 2.24) is 15.0 Å². The lowest BCUT2D eigenvalue weighted by Crippen LogP contribution is -2.32. The van der Waals surface area contributed by atoms with Crippen molar-refractivity contribution < 1.29 is 9.47 Å². The second-order valence-corrected chi connectivity index (χ2v) is 8.40. The second kappa shape index (κ2) is 5.88. The van der Waals surface area contributed by atoms with E-state index < -0.39 is 0 Å². The molecule has 4 heterocycles. The first kappa shape index (κ1) is 16.7. The van der Waals surface area contributed by atoms with Crippen molar-refractivity contribution in [2.45, 2.75) is 59.2 Å². The van der Waals surface area contributed by atoms with Gasteiger partial charge in [-0.15, -0.1) is 11.3 Å². The van der Waals surface area contributed by atoms with Crippen molar-refractivity contribution in [3.8, 4) is 5.88 Å². The summed E-state index contributed by atoms with van der Waals surface area (Å²) >= 11 is 1.63. The molecule has 0 saturated carbocycles. The van der Waals surface area contributed by atoms with Gasteiger partial charge in [0, 0.05) is 17.4 Å². The van der Waals surface area contributed by atoms with E-state index in [9.17, 15) is 0 Å². The van der Waals surface area contributed by atoms with Crippen molar-refractivity contribution in [2.75, 3.05) is 6.61 Å². The lowest BCUT2D eigenvalue weighted by Gasteiger charge is -2.33. The Morgan fingerprint density at radius 1 is 1.28 bits per heavy atom. The largest absolute Gasteiger partial charge is 0.477 e. The third-order valence-electron chi connectivity index (χ3n) is 4.66. The van der Waals surface area contributed by atoms with Crippen LogP contribution < -0.4 is 4.74 Å². The molecule has 0 fully saturated rings. The maximum atomic E-state index is 6.09. The number of rotatable bonds is 3. The number of hydrogen-bond acceptors (Lipinski definition) is 6. The molecule has 4 rings (SSSR count). The normalized spacial score (nSPS) is 16.6. The fourth-order valence-electron chi connectivity index (χ4n) is 3.53. The Labute approximate surface area is 151 Å². The summed E-state index contributed by atoms with van der Waals surface area (Å²) in [5.41, 5.74) is 4.47. The molecule has 3 aromatic heterocycles. The summed E-state index contributed by atoms with van der Waals surface area (Å²) in [4.78, 5) is 14.9. The molecule has 0 bridgehead atoms. The van der Waals surface area contributed by atoms with Crippen LogP contribution in [0.3, 0.4) is 0 Å². The summed E-state index contributed by atoms with van der Waals surface area (Å²) in [7, 11) is 0. The van der Waals surface area contributed by atoms with E-state index in [2.05, 4.69) is 37.7 Å². The van der Waals surface area contributed by atoms with Gasteiger partial charge in [-0.3, -0.25) is 0 Å². The van der Waals surface area contributed by atoms with Crippen LogP contribution in [-0.4, -0.2) is 27.2 Å². The van der Waals surface area contributed by atoms with Gasteiger partial charge in [-0.25, -0.2) is 15.0 Å². The number of ether oxygens (including phenoxy) is 2. The Kier molecular flexibility index (Phi) is 3.92. The Morgan fingerprint density at radius 2 is 2.08 bits per heavy atom. The van der Waals surface area contributed by atoms with Crippen molar-refractivity contribution in [3.63, 3.8) is 0 Å². The fourth-order valence-corrected chi connectivity index (χ4v) is 4.64. The Hall–Kier alpha value is -1.79. The van der Waals surface area contributed by atoms with Crippen molar-refractivity contribution in [3.05, 3.63) is 23.1 Å². The van der Waals surface area contributed by atoms with Crippen LogP contribution in [0.1, 0.15) is 57.4 Å². The van der Waals surface area contributed by atoms with Crippen LogP contribution >= 0.6 is 11.3 Å². The minimum atomic E-state index is -0.181. The highest BCUT2D eigenvalue weighted by Gasteiger charge is 2.32. The van der Waals surface area contributed by atoms with E-state index in [0.717, 1.165) is 32.5 Å². The van der Waals surface area contributed by atoms with Crippen molar-refractivity contribution >= 4 is 31.8 Å². The van der Waals surface area contributed by atoms with E-state index in [1.807, 2.05) is 6.92 Å². The first-order valence-electron chi connectivity index (χ1n) is 8.77. The van der Waals surface area contributed by atoms with Crippen LogP contribution in [0.15, 0.2) is 6.33 Å². The summed E-state index contributed by atoms with van der Waals surface area (Å²) < 4.78 is 12.8. The van der Waals surface area contributed by atoms with Gasteiger partial charge in [0.1, 0.15) is 15.9 Å². The lowest BCUT2D eigenvalue weighted by molar-refractivity contribution is -0.0402. The van der Waals surface area contributed by atoms with E-state index in [0.29, 0.717) is 25.0 Å². The predicted octanol–water partition coefficient (Wildman–Crippen LogP) is 4.61. The zero-order chi connectivity index (χ0) is 17.8. The first-order chi connectivity index (χ1) is 11.9. The molecule has 0 amide bonds. The number of fused-ring (bicyclic) bond motifs is 5. The molecule has 0 spiro atoms. The quantitative estimate of drug-likeness (QED) is 0.685. The van der Waals surface area contributed by atoms with E-state index in [-0.39, 0.29) is 5.60 Å². The number of nitrogens with zero attached hydrogens (tertiary/aromatic N) is 3. The van der Waals surface area contributed by atoms with Gasteiger partial charge in [0.05, 0.1) is 30.0 Å². The van der Waals surface area contributed by atoms with E-state index in [1.165, 1.54) is 11.1 Å². The Bertz CT molecular complexity index is 962. The second-order valence-electron chi connectivity index (χ2n) is 7.41. The third-order valence-corrected chi connectivity index (χ3v) is 5.72. The topological polar surface area (TPSA) is 57.1 Å². The standard InChI is InChI=1S/C19H23N3O2S/c1-6-23-17-16-15(20-9-21-17)13-11-7-19(4,5)24-8-12(11)14(10(2)3)22-18(13)25-16/h9-10H,6-8H2,1-5H3. The molecule has 3 aromatic rings. The predicted molar refractivity (Wildman–Crippen MR) is 101 cm³/mol. The maximum Gasteiger partial charge on any atom is 0.234 e. The summed E-state index contributed by atoms with van der Waals surface area (Å²) in [5.74, 6) is 1.01. The lowest BCUT2D eigenvalue weighted by atomic mass is 9.87. The molecule has 25 heavy (non-hydrogen) atoms. The van der Waals surface area contributed by atoms with E-state index in [1.54, 1.807) is 17.7 Å². The van der Waals surface area contributed by atoms with Gasteiger partial charge < -0.3 is 9.47 Å². The number of pyridine rings is 1. The highest BCUT2D eigenvalue weighted by atomic mass is 32.1. The average Bonchev–Trinajstić information content (AvgIpc) is 2.93. The van der Waals surface area contributed by atoms with Crippen LogP contribution in [0, 0.1) is 0 Å². The molecular formula is C19H23N3O2S. The van der Waals surface area contributed by atoms with Gasteiger partial charge in [-0.1, -0.05) is 13.8 Å². The molecule has 1 aliphatic heterocycles. The van der Waals surface area contributed by atoms with Crippen molar-refractivity contribution in [2.24, 2.45) is 0 Å². The monoisotopic (exact) mass is 357 g/mol. The molecule has 0 unspecified atom stereocenters. The van der Waals surface area contributed by atoms with Gasteiger partial charge in [0.25, 0.3) is 0 Å². The molecular weight excluding hydrogens is 334 g/mol. The number of thiophene rings is 1. The Balaban J connectivity index is 2.09. The molecule has 132 valence electrons. The zero-order valence-electron chi connectivity index (χ0n) is 15.3. The van der Waals surface area contributed by atoms with Gasteiger partial charge >= 0.3 is 0 Å². The smallest absolute Gasteiger partial charge is 0.234 e. The fraction of sp³-hybridized carbons (Fsp3) is 0.526. The number of aromatic nitrogens is 3. The summed E-state index contributed by atoms with van der Waals surface area (Å²) in [6.45, 7) is 11.8. The summed E-state index contributed by atoms with van der Waals surface area (Å²) in [6, 6.07) is 0. The highest BCUT2D eigenvalue weighted by molar-refractivity contribution is 7.25. The van der Waals surface area contributed by atoms with Crippen LogP contribution in [0.5, 0.6) is 5.88 Å². The molecule has 0 aromatic carbocycles. The van der Waals surface area contributed by atoms with Crippen LogP contribution in [0.25, 0.3) is 20.4 Å². The summed E-state index contributed by atoms with van der Waals surface area (Å²) in [5, 5.41) is 1.15. The zero-order valence-corrected chi connectivity index (χ0v) is 16.2. The molecule has 0 saturated heterocycles. The Morgan fingerprint density at radius 3 is 2.80 bits per heavy atom. The van der Waals surface area contributed by atoms with E-state index in [4.69, 9.17) is 14.5 Å². The highest BCUT2D eigenvalue weighted by Crippen LogP contribution is 2.43. The first-order valence-corrected chi connectivity index (χ1v) is 9.58.